The molecule has 118 valence electrons. The van der Waals surface area contributed by atoms with Crippen LogP contribution in [-0.2, 0) is 6.54 Å². The standard InChI is InChI=1S/C18H31N3/c1-17(2,3)20-14-15-7-8-16(19-13-15)21-11-6-9-18(4,5)10-12-21/h7-8,13,20H,6,9-12,14H2,1-5H3. The minimum absolute atomic E-state index is 0.148. The zero-order valence-electron chi connectivity index (χ0n) is 14.4. The van der Waals surface area contributed by atoms with E-state index in [9.17, 15) is 0 Å². The molecule has 1 aromatic heterocycles. The first-order valence-electron chi connectivity index (χ1n) is 8.20. The zero-order chi connectivity index (χ0) is 15.5. The lowest BCUT2D eigenvalue weighted by molar-refractivity contribution is 0.325. The van der Waals surface area contributed by atoms with Gasteiger partial charge in [0, 0.05) is 31.4 Å². The van der Waals surface area contributed by atoms with Crippen LogP contribution in [-0.4, -0.2) is 23.6 Å². The van der Waals surface area contributed by atoms with Crippen LogP contribution in [0.5, 0.6) is 0 Å². The number of nitrogens with one attached hydrogen (secondary N) is 1. The highest BCUT2D eigenvalue weighted by atomic mass is 15.2. The number of anilines is 1. The van der Waals surface area contributed by atoms with E-state index in [-0.39, 0.29) is 5.54 Å². The number of hydrogen-bond acceptors (Lipinski definition) is 3. The quantitative estimate of drug-likeness (QED) is 0.912. The van der Waals surface area contributed by atoms with Gasteiger partial charge in [-0.25, -0.2) is 4.98 Å². The van der Waals surface area contributed by atoms with Crippen molar-refractivity contribution >= 4 is 5.82 Å². The Kier molecular flexibility index (Phi) is 4.92. The molecule has 2 heterocycles. The maximum Gasteiger partial charge on any atom is 0.128 e. The maximum atomic E-state index is 4.68. The van der Waals surface area contributed by atoms with Gasteiger partial charge in [-0.05, 0) is 57.1 Å². The summed E-state index contributed by atoms with van der Waals surface area (Å²) in [7, 11) is 0. The van der Waals surface area contributed by atoms with E-state index in [2.05, 4.69) is 62.0 Å². The molecule has 1 N–H and O–H groups in total. The maximum absolute atomic E-state index is 4.68. The Hall–Kier alpha value is -1.09. The van der Waals surface area contributed by atoms with Crippen LogP contribution < -0.4 is 10.2 Å². The van der Waals surface area contributed by atoms with E-state index in [0.717, 1.165) is 25.5 Å². The van der Waals surface area contributed by atoms with Crippen LogP contribution in [0.3, 0.4) is 0 Å². The third-order valence-electron chi connectivity index (χ3n) is 4.30. The number of pyridine rings is 1. The molecular formula is C18H31N3. The third-order valence-corrected chi connectivity index (χ3v) is 4.30. The SMILES string of the molecule is CC1(C)CCCN(c2ccc(CNC(C)(C)C)cn2)CC1. The highest BCUT2D eigenvalue weighted by Crippen LogP contribution is 2.31. The molecule has 0 radical (unpaired) electrons. The summed E-state index contributed by atoms with van der Waals surface area (Å²) in [6.45, 7) is 14.5. The van der Waals surface area contributed by atoms with Crippen LogP contribution in [0.25, 0.3) is 0 Å². The van der Waals surface area contributed by atoms with Gasteiger partial charge < -0.3 is 10.2 Å². The molecule has 1 aromatic rings. The molecule has 0 aliphatic carbocycles. The Labute approximate surface area is 130 Å². The molecule has 1 aliphatic rings. The molecule has 1 aliphatic heterocycles. The molecule has 0 spiro atoms. The lowest BCUT2D eigenvalue weighted by Crippen LogP contribution is -2.35. The monoisotopic (exact) mass is 289 g/mol. The molecule has 1 fully saturated rings. The van der Waals surface area contributed by atoms with Gasteiger partial charge in [-0.3, -0.25) is 0 Å². The van der Waals surface area contributed by atoms with Crippen LogP contribution in [0.2, 0.25) is 0 Å². The predicted molar refractivity (Wildman–Crippen MR) is 90.7 cm³/mol. The number of aromatic nitrogens is 1. The molecule has 0 aromatic carbocycles. The summed E-state index contributed by atoms with van der Waals surface area (Å²) >= 11 is 0. The Balaban J connectivity index is 1.95. The topological polar surface area (TPSA) is 28.2 Å². The first-order chi connectivity index (χ1) is 9.75. The van der Waals surface area contributed by atoms with Crippen molar-refractivity contribution < 1.29 is 0 Å². The van der Waals surface area contributed by atoms with Gasteiger partial charge in [-0.1, -0.05) is 19.9 Å². The summed E-state index contributed by atoms with van der Waals surface area (Å²) in [6, 6.07) is 4.38. The summed E-state index contributed by atoms with van der Waals surface area (Å²) < 4.78 is 0. The molecule has 0 atom stereocenters. The number of rotatable bonds is 3. The summed E-state index contributed by atoms with van der Waals surface area (Å²) in [6.07, 6.45) is 5.85. The molecule has 21 heavy (non-hydrogen) atoms. The van der Waals surface area contributed by atoms with Crippen molar-refractivity contribution in [1.82, 2.24) is 10.3 Å². The Morgan fingerprint density at radius 3 is 2.57 bits per heavy atom. The zero-order valence-corrected chi connectivity index (χ0v) is 14.4. The van der Waals surface area contributed by atoms with Crippen molar-refractivity contribution in [3.05, 3.63) is 23.9 Å². The van der Waals surface area contributed by atoms with Crippen LogP contribution in [0.1, 0.15) is 59.4 Å². The van der Waals surface area contributed by atoms with E-state index < -0.39 is 0 Å². The molecule has 1 saturated heterocycles. The molecule has 0 bridgehead atoms. The van der Waals surface area contributed by atoms with E-state index in [1.165, 1.54) is 24.8 Å². The smallest absolute Gasteiger partial charge is 0.128 e. The van der Waals surface area contributed by atoms with E-state index >= 15 is 0 Å². The lowest BCUT2D eigenvalue weighted by atomic mass is 9.85. The molecule has 2 rings (SSSR count). The van der Waals surface area contributed by atoms with Crippen LogP contribution in [0.4, 0.5) is 5.82 Å². The average Bonchev–Trinajstić information content (AvgIpc) is 2.57. The second-order valence-electron chi connectivity index (χ2n) is 8.13. The van der Waals surface area contributed by atoms with Gasteiger partial charge in [-0.15, -0.1) is 0 Å². The van der Waals surface area contributed by atoms with Crippen molar-refractivity contribution in [2.45, 2.75) is 66.0 Å². The Morgan fingerprint density at radius 2 is 1.95 bits per heavy atom. The van der Waals surface area contributed by atoms with E-state index in [1.807, 2.05) is 6.20 Å². The number of nitrogens with zero attached hydrogens (tertiary/aromatic N) is 2. The third kappa shape index (κ3) is 5.31. The van der Waals surface area contributed by atoms with Crippen LogP contribution in [0.15, 0.2) is 18.3 Å². The highest BCUT2D eigenvalue weighted by Gasteiger charge is 2.23. The molecular weight excluding hydrogens is 258 g/mol. The van der Waals surface area contributed by atoms with Gasteiger partial charge in [0.2, 0.25) is 0 Å². The van der Waals surface area contributed by atoms with Gasteiger partial charge >= 0.3 is 0 Å². The first kappa shape index (κ1) is 16.3. The van der Waals surface area contributed by atoms with Crippen molar-refractivity contribution in [3.8, 4) is 0 Å². The minimum Gasteiger partial charge on any atom is -0.357 e. The summed E-state index contributed by atoms with van der Waals surface area (Å²) in [5.74, 6) is 1.13. The highest BCUT2D eigenvalue weighted by molar-refractivity contribution is 5.39. The van der Waals surface area contributed by atoms with E-state index in [1.54, 1.807) is 0 Å². The fourth-order valence-corrected chi connectivity index (χ4v) is 2.73. The van der Waals surface area contributed by atoms with E-state index in [0.29, 0.717) is 5.41 Å². The summed E-state index contributed by atoms with van der Waals surface area (Å²) in [5, 5.41) is 3.50. The fraction of sp³-hybridized carbons (Fsp3) is 0.722. The van der Waals surface area contributed by atoms with Crippen molar-refractivity contribution in [2.24, 2.45) is 5.41 Å². The second kappa shape index (κ2) is 6.35. The lowest BCUT2D eigenvalue weighted by Gasteiger charge is -2.24. The van der Waals surface area contributed by atoms with Crippen LogP contribution in [0, 0.1) is 5.41 Å². The normalized spacial score (nSPS) is 19.4. The fourth-order valence-electron chi connectivity index (χ4n) is 2.73. The largest absolute Gasteiger partial charge is 0.357 e. The molecule has 0 saturated carbocycles. The average molecular weight is 289 g/mol. The molecule has 0 unspecified atom stereocenters. The Morgan fingerprint density at radius 1 is 1.19 bits per heavy atom. The van der Waals surface area contributed by atoms with Gasteiger partial charge in [0.1, 0.15) is 5.82 Å². The molecule has 3 nitrogen and oxygen atoms in total. The Bertz CT molecular complexity index is 443. The van der Waals surface area contributed by atoms with Gasteiger partial charge in [0.25, 0.3) is 0 Å². The second-order valence-corrected chi connectivity index (χ2v) is 8.13. The van der Waals surface area contributed by atoms with Crippen molar-refractivity contribution in [1.29, 1.82) is 0 Å². The minimum atomic E-state index is 0.148. The van der Waals surface area contributed by atoms with Crippen LogP contribution >= 0.6 is 0 Å². The number of hydrogen-bond donors (Lipinski definition) is 1. The predicted octanol–water partition coefficient (Wildman–Crippen LogP) is 3.99. The van der Waals surface area contributed by atoms with Crippen molar-refractivity contribution in [2.75, 3.05) is 18.0 Å². The van der Waals surface area contributed by atoms with E-state index in [4.69, 9.17) is 0 Å². The summed E-state index contributed by atoms with van der Waals surface area (Å²) in [5.41, 5.74) is 1.88. The molecule has 0 amide bonds. The van der Waals surface area contributed by atoms with Gasteiger partial charge in [0.05, 0.1) is 0 Å². The first-order valence-corrected chi connectivity index (χ1v) is 8.20. The van der Waals surface area contributed by atoms with Gasteiger partial charge in [-0.2, -0.15) is 0 Å². The summed E-state index contributed by atoms with van der Waals surface area (Å²) in [4.78, 5) is 7.12. The molecule has 3 heteroatoms. The van der Waals surface area contributed by atoms with Crippen molar-refractivity contribution in [3.63, 3.8) is 0 Å². The van der Waals surface area contributed by atoms with Gasteiger partial charge in [0.15, 0.2) is 0 Å².